The summed E-state index contributed by atoms with van der Waals surface area (Å²) in [4.78, 5) is 28.2. The third-order valence-electron chi connectivity index (χ3n) is 4.61. The van der Waals surface area contributed by atoms with Crippen molar-refractivity contribution >= 4 is 23.6 Å². The van der Waals surface area contributed by atoms with Crippen molar-refractivity contribution in [2.45, 2.75) is 20.3 Å². The average molecular weight is 369 g/mol. The first-order valence-electron chi connectivity index (χ1n) is 9.14. The zero-order valence-corrected chi connectivity index (χ0v) is 16.4. The second-order valence-electron chi connectivity index (χ2n) is 7.48. The molecule has 0 radical (unpaired) electrons. The van der Waals surface area contributed by atoms with Crippen LogP contribution in [0.5, 0.6) is 0 Å². The van der Waals surface area contributed by atoms with Crippen molar-refractivity contribution < 1.29 is 14.3 Å². The first-order chi connectivity index (χ1) is 12.8. The molecule has 1 aliphatic rings. The number of hydrogen-bond acceptors (Lipinski definition) is 5. The van der Waals surface area contributed by atoms with E-state index in [1.165, 1.54) is 6.08 Å². The molecule has 1 amide bonds. The van der Waals surface area contributed by atoms with Crippen LogP contribution in [0.1, 0.15) is 25.8 Å². The Labute approximate surface area is 161 Å². The number of nitriles is 1. The number of nitrogens with zero attached hydrogens (tertiary/aromatic N) is 3. The van der Waals surface area contributed by atoms with Gasteiger partial charge in [-0.25, -0.2) is 4.79 Å². The number of esters is 1. The molecule has 2 rings (SSSR count). The number of hydrogen-bond donors (Lipinski definition) is 0. The summed E-state index contributed by atoms with van der Waals surface area (Å²) in [6.45, 7) is 5.25. The molecule has 0 aromatic heterocycles. The fourth-order valence-corrected chi connectivity index (χ4v) is 3.34. The quantitative estimate of drug-likeness (QED) is 0.453. The number of carbonyl (C=O) groups excluding carboxylic acids is 2. The van der Waals surface area contributed by atoms with E-state index in [-0.39, 0.29) is 18.1 Å². The van der Waals surface area contributed by atoms with Crippen molar-refractivity contribution in [2.24, 2.45) is 11.8 Å². The fraction of sp³-hybridized carbons (Fsp3) is 0.476. The first kappa shape index (κ1) is 20.5. The Hall–Kier alpha value is -2.81. The lowest BCUT2D eigenvalue weighted by atomic mass is 9.92. The van der Waals surface area contributed by atoms with Crippen LogP contribution in [0.25, 0.3) is 6.08 Å². The van der Waals surface area contributed by atoms with Crippen LogP contribution in [0.4, 0.5) is 5.69 Å². The van der Waals surface area contributed by atoms with E-state index in [0.717, 1.165) is 17.7 Å². The molecule has 1 heterocycles. The number of piperidine rings is 1. The maximum Gasteiger partial charge on any atom is 0.349 e. The Kier molecular flexibility index (Phi) is 7.00. The van der Waals surface area contributed by atoms with Crippen LogP contribution in [0, 0.1) is 23.2 Å². The third-order valence-corrected chi connectivity index (χ3v) is 4.61. The molecule has 1 fully saturated rings. The molecule has 0 saturated carbocycles. The SMILES string of the molecule is C[C@@H]1C[C@@H](C)CN(C(=O)COC(=O)/C(C#N)=C/c2ccc(N(C)C)cc2)C1. The van der Waals surface area contributed by atoms with Crippen molar-refractivity contribution in [1.82, 2.24) is 4.90 Å². The van der Waals surface area contributed by atoms with E-state index >= 15 is 0 Å². The minimum atomic E-state index is -0.777. The standard InChI is InChI=1S/C21H27N3O3/c1-15-9-16(2)13-24(12-15)20(25)14-27-21(26)18(11-22)10-17-5-7-19(8-6-17)23(3)4/h5-8,10,15-16H,9,12-14H2,1-4H3/b18-10+/t15-,16-/m1/s1. The van der Waals surface area contributed by atoms with Crippen LogP contribution in [-0.4, -0.2) is 50.6 Å². The van der Waals surface area contributed by atoms with Crippen LogP contribution in [0.3, 0.4) is 0 Å². The maximum absolute atomic E-state index is 12.3. The average Bonchev–Trinajstić information content (AvgIpc) is 2.63. The second kappa shape index (κ2) is 9.22. The van der Waals surface area contributed by atoms with Crippen LogP contribution in [0.2, 0.25) is 0 Å². The van der Waals surface area contributed by atoms with Crippen LogP contribution in [-0.2, 0) is 14.3 Å². The minimum Gasteiger partial charge on any atom is -0.451 e. The number of rotatable bonds is 5. The Morgan fingerprint density at radius 2 is 1.81 bits per heavy atom. The van der Waals surface area contributed by atoms with Gasteiger partial charge in [-0.05, 0) is 42.0 Å². The van der Waals surface area contributed by atoms with Crippen molar-refractivity contribution in [3.05, 3.63) is 35.4 Å². The first-order valence-corrected chi connectivity index (χ1v) is 9.14. The molecule has 0 aliphatic carbocycles. The summed E-state index contributed by atoms with van der Waals surface area (Å²) in [7, 11) is 3.87. The molecule has 144 valence electrons. The number of ether oxygens (including phenoxy) is 1. The number of anilines is 1. The van der Waals surface area contributed by atoms with Crippen LogP contribution in [0.15, 0.2) is 29.8 Å². The van der Waals surface area contributed by atoms with Gasteiger partial charge in [0.2, 0.25) is 0 Å². The normalized spacial score (nSPS) is 20.0. The highest BCUT2D eigenvalue weighted by Gasteiger charge is 2.26. The van der Waals surface area contributed by atoms with Crippen molar-refractivity contribution in [1.29, 1.82) is 5.26 Å². The van der Waals surface area contributed by atoms with E-state index in [9.17, 15) is 14.9 Å². The van der Waals surface area contributed by atoms with E-state index in [4.69, 9.17) is 4.74 Å². The lowest BCUT2D eigenvalue weighted by molar-refractivity contribution is -0.149. The highest BCUT2D eigenvalue weighted by molar-refractivity contribution is 5.98. The molecule has 0 unspecified atom stereocenters. The van der Waals surface area contributed by atoms with Gasteiger partial charge in [0, 0.05) is 32.9 Å². The second-order valence-corrected chi connectivity index (χ2v) is 7.48. The monoisotopic (exact) mass is 369 g/mol. The zero-order chi connectivity index (χ0) is 20.0. The summed E-state index contributed by atoms with van der Waals surface area (Å²) < 4.78 is 5.09. The largest absolute Gasteiger partial charge is 0.451 e. The Morgan fingerprint density at radius 3 is 2.33 bits per heavy atom. The van der Waals surface area contributed by atoms with E-state index < -0.39 is 5.97 Å². The van der Waals surface area contributed by atoms with Crippen LogP contribution < -0.4 is 4.90 Å². The van der Waals surface area contributed by atoms with Crippen molar-refractivity contribution in [3.63, 3.8) is 0 Å². The minimum absolute atomic E-state index is 0.124. The van der Waals surface area contributed by atoms with E-state index in [2.05, 4.69) is 13.8 Å². The predicted octanol–water partition coefficient (Wildman–Crippen LogP) is 2.71. The zero-order valence-electron chi connectivity index (χ0n) is 16.4. The maximum atomic E-state index is 12.3. The van der Waals surface area contributed by atoms with Crippen molar-refractivity contribution in [3.8, 4) is 6.07 Å². The van der Waals surface area contributed by atoms with Gasteiger partial charge in [-0.15, -0.1) is 0 Å². The summed E-state index contributed by atoms with van der Waals surface area (Å²) in [5.41, 5.74) is 1.61. The van der Waals surface area contributed by atoms with Gasteiger partial charge in [-0.1, -0.05) is 26.0 Å². The third kappa shape index (κ3) is 5.85. The van der Waals surface area contributed by atoms with Gasteiger partial charge < -0.3 is 14.5 Å². The smallest absolute Gasteiger partial charge is 0.349 e. The highest BCUT2D eigenvalue weighted by Crippen LogP contribution is 2.21. The fourth-order valence-electron chi connectivity index (χ4n) is 3.34. The van der Waals surface area contributed by atoms with E-state index in [1.807, 2.05) is 49.3 Å². The van der Waals surface area contributed by atoms with Gasteiger partial charge in [0.15, 0.2) is 6.61 Å². The molecule has 6 heteroatoms. The Morgan fingerprint density at radius 1 is 1.22 bits per heavy atom. The van der Waals surface area contributed by atoms with Gasteiger partial charge in [0.1, 0.15) is 11.6 Å². The number of likely N-dealkylation sites (tertiary alicyclic amines) is 1. The van der Waals surface area contributed by atoms with Crippen molar-refractivity contribution in [2.75, 3.05) is 38.7 Å². The number of benzene rings is 1. The van der Waals surface area contributed by atoms with E-state index in [0.29, 0.717) is 24.9 Å². The summed E-state index contributed by atoms with van der Waals surface area (Å²) in [6, 6.07) is 9.29. The molecule has 0 N–H and O–H groups in total. The molecule has 6 nitrogen and oxygen atoms in total. The lowest BCUT2D eigenvalue weighted by Gasteiger charge is -2.34. The topological polar surface area (TPSA) is 73.6 Å². The molecule has 1 saturated heterocycles. The Bertz CT molecular complexity index is 737. The molecule has 0 spiro atoms. The summed E-state index contributed by atoms with van der Waals surface area (Å²) in [5.74, 6) is -0.115. The molecule has 1 aliphatic heterocycles. The molecular formula is C21H27N3O3. The predicted molar refractivity (Wildman–Crippen MR) is 105 cm³/mol. The van der Waals surface area contributed by atoms with Gasteiger partial charge in [0.25, 0.3) is 5.91 Å². The molecule has 1 aromatic rings. The van der Waals surface area contributed by atoms with Crippen LogP contribution >= 0.6 is 0 Å². The van der Waals surface area contributed by atoms with Gasteiger partial charge in [-0.2, -0.15) is 5.26 Å². The number of amides is 1. The molecule has 27 heavy (non-hydrogen) atoms. The lowest BCUT2D eigenvalue weighted by Crippen LogP contribution is -2.44. The molecular weight excluding hydrogens is 342 g/mol. The summed E-state index contributed by atoms with van der Waals surface area (Å²) in [5, 5.41) is 9.26. The van der Waals surface area contributed by atoms with Gasteiger partial charge in [-0.3, -0.25) is 4.79 Å². The molecule has 0 bridgehead atoms. The van der Waals surface area contributed by atoms with Gasteiger partial charge in [0.05, 0.1) is 0 Å². The van der Waals surface area contributed by atoms with Gasteiger partial charge >= 0.3 is 5.97 Å². The summed E-state index contributed by atoms with van der Waals surface area (Å²) >= 11 is 0. The summed E-state index contributed by atoms with van der Waals surface area (Å²) in [6.07, 6.45) is 2.56. The highest BCUT2D eigenvalue weighted by atomic mass is 16.5. The molecule has 1 aromatic carbocycles. The van der Waals surface area contributed by atoms with E-state index in [1.54, 1.807) is 4.90 Å². The Balaban J connectivity index is 1.96. The molecule has 2 atom stereocenters. The number of carbonyl (C=O) groups is 2.